The number of likely N-dealkylation sites (tertiary alicyclic amines) is 1. The highest BCUT2D eigenvalue weighted by atomic mass is 16.2. The SMILES string of the molecule is O=C(C[C@@H]1C[C@H]2CC[C@H]1C2)N1CCCCC1. The molecule has 3 fully saturated rings. The van der Waals surface area contributed by atoms with Gasteiger partial charge in [0.25, 0.3) is 0 Å². The molecule has 0 unspecified atom stereocenters. The first-order valence-corrected chi connectivity index (χ1v) is 7.10. The van der Waals surface area contributed by atoms with E-state index in [2.05, 4.69) is 4.90 Å². The van der Waals surface area contributed by atoms with Gasteiger partial charge < -0.3 is 4.90 Å². The lowest BCUT2D eigenvalue weighted by Gasteiger charge is -2.29. The monoisotopic (exact) mass is 221 g/mol. The number of amides is 1. The molecule has 1 aliphatic heterocycles. The molecule has 2 bridgehead atoms. The van der Waals surface area contributed by atoms with Crippen molar-refractivity contribution in [2.45, 2.75) is 51.4 Å². The topological polar surface area (TPSA) is 20.3 Å². The number of fused-ring (bicyclic) bond motifs is 2. The highest BCUT2D eigenvalue weighted by Crippen LogP contribution is 2.49. The van der Waals surface area contributed by atoms with Crippen molar-refractivity contribution in [1.82, 2.24) is 4.90 Å². The number of hydrogen-bond acceptors (Lipinski definition) is 1. The number of carbonyl (C=O) groups is 1. The molecule has 0 N–H and O–H groups in total. The second-order valence-corrected chi connectivity index (χ2v) is 6.08. The highest BCUT2D eigenvalue weighted by Gasteiger charge is 2.40. The van der Waals surface area contributed by atoms with Crippen molar-refractivity contribution < 1.29 is 4.79 Å². The fourth-order valence-corrected chi connectivity index (χ4v) is 4.12. The van der Waals surface area contributed by atoms with Crippen molar-refractivity contribution >= 4 is 5.91 Å². The van der Waals surface area contributed by atoms with Gasteiger partial charge in [0.1, 0.15) is 0 Å². The highest BCUT2D eigenvalue weighted by molar-refractivity contribution is 5.76. The molecule has 1 heterocycles. The first-order chi connectivity index (χ1) is 7.83. The van der Waals surface area contributed by atoms with E-state index in [-0.39, 0.29) is 0 Å². The minimum Gasteiger partial charge on any atom is -0.343 e. The van der Waals surface area contributed by atoms with Crippen molar-refractivity contribution in [2.75, 3.05) is 13.1 Å². The third-order valence-electron chi connectivity index (χ3n) is 5.03. The van der Waals surface area contributed by atoms with E-state index in [1.807, 2.05) is 0 Å². The summed E-state index contributed by atoms with van der Waals surface area (Å²) < 4.78 is 0. The second kappa shape index (κ2) is 4.38. The van der Waals surface area contributed by atoms with Crippen molar-refractivity contribution in [3.63, 3.8) is 0 Å². The average molecular weight is 221 g/mol. The Morgan fingerprint density at radius 3 is 2.50 bits per heavy atom. The van der Waals surface area contributed by atoms with Gasteiger partial charge in [-0.15, -0.1) is 0 Å². The van der Waals surface area contributed by atoms with Gasteiger partial charge in [-0.05, 0) is 56.3 Å². The molecule has 0 radical (unpaired) electrons. The van der Waals surface area contributed by atoms with Crippen molar-refractivity contribution in [2.24, 2.45) is 17.8 Å². The standard InChI is InChI=1S/C14H23NO/c16-14(15-6-2-1-3-7-15)10-13-9-11-4-5-12(13)8-11/h11-13H,1-10H2/t11-,12-,13-/m0/s1. The summed E-state index contributed by atoms with van der Waals surface area (Å²) in [4.78, 5) is 14.3. The van der Waals surface area contributed by atoms with Gasteiger partial charge in [-0.2, -0.15) is 0 Å². The van der Waals surface area contributed by atoms with Gasteiger partial charge in [-0.3, -0.25) is 4.79 Å². The average Bonchev–Trinajstić information content (AvgIpc) is 2.92. The van der Waals surface area contributed by atoms with Crippen LogP contribution in [0.1, 0.15) is 51.4 Å². The largest absolute Gasteiger partial charge is 0.343 e. The van der Waals surface area contributed by atoms with Crippen LogP contribution < -0.4 is 0 Å². The summed E-state index contributed by atoms with van der Waals surface area (Å²) in [5.41, 5.74) is 0. The fraction of sp³-hybridized carbons (Fsp3) is 0.929. The number of piperidine rings is 1. The molecule has 0 aromatic carbocycles. The van der Waals surface area contributed by atoms with Gasteiger partial charge in [-0.1, -0.05) is 6.42 Å². The van der Waals surface area contributed by atoms with Crippen LogP contribution in [0.15, 0.2) is 0 Å². The minimum absolute atomic E-state index is 0.456. The Hall–Kier alpha value is -0.530. The van der Waals surface area contributed by atoms with Crippen LogP contribution in [0.25, 0.3) is 0 Å². The van der Waals surface area contributed by atoms with Crippen LogP contribution >= 0.6 is 0 Å². The third-order valence-corrected chi connectivity index (χ3v) is 5.03. The Bertz CT molecular complexity index is 270. The van der Waals surface area contributed by atoms with Gasteiger partial charge >= 0.3 is 0 Å². The van der Waals surface area contributed by atoms with Crippen LogP contribution in [-0.2, 0) is 4.79 Å². The lowest BCUT2D eigenvalue weighted by molar-refractivity contribution is -0.133. The van der Waals surface area contributed by atoms with Crippen molar-refractivity contribution in [1.29, 1.82) is 0 Å². The number of rotatable bonds is 2. The van der Waals surface area contributed by atoms with Gasteiger partial charge in [0.15, 0.2) is 0 Å². The van der Waals surface area contributed by atoms with E-state index in [4.69, 9.17) is 0 Å². The lowest BCUT2D eigenvalue weighted by Crippen LogP contribution is -2.37. The summed E-state index contributed by atoms with van der Waals surface area (Å²) in [5, 5.41) is 0. The lowest BCUT2D eigenvalue weighted by atomic mass is 9.86. The fourth-order valence-electron chi connectivity index (χ4n) is 4.12. The Morgan fingerprint density at radius 2 is 1.88 bits per heavy atom. The van der Waals surface area contributed by atoms with Gasteiger partial charge in [-0.25, -0.2) is 0 Å². The first kappa shape index (κ1) is 10.6. The number of hydrogen-bond donors (Lipinski definition) is 0. The van der Waals surface area contributed by atoms with Crippen LogP contribution in [0.5, 0.6) is 0 Å². The minimum atomic E-state index is 0.456. The second-order valence-electron chi connectivity index (χ2n) is 6.08. The molecule has 3 atom stereocenters. The van der Waals surface area contributed by atoms with E-state index in [0.717, 1.165) is 37.3 Å². The maximum atomic E-state index is 12.2. The zero-order chi connectivity index (χ0) is 11.0. The summed E-state index contributed by atoms with van der Waals surface area (Å²) in [6.45, 7) is 2.05. The molecule has 16 heavy (non-hydrogen) atoms. The summed E-state index contributed by atoms with van der Waals surface area (Å²) in [7, 11) is 0. The molecule has 2 heteroatoms. The number of nitrogens with zero attached hydrogens (tertiary/aromatic N) is 1. The molecule has 0 aromatic rings. The summed E-state index contributed by atoms with van der Waals surface area (Å²) in [5.74, 6) is 3.08. The van der Waals surface area contributed by atoms with E-state index in [1.54, 1.807) is 0 Å². The normalized spacial score (nSPS) is 38.0. The molecule has 90 valence electrons. The zero-order valence-electron chi connectivity index (χ0n) is 10.2. The predicted octanol–water partition coefficient (Wildman–Crippen LogP) is 2.83. The predicted molar refractivity (Wildman–Crippen MR) is 64.0 cm³/mol. The van der Waals surface area contributed by atoms with Crippen molar-refractivity contribution in [3.05, 3.63) is 0 Å². The van der Waals surface area contributed by atoms with Crippen LogP contribution in [0.2, 0.25) is 0 Å². The van der Waals surface area contributed by atoms with Crippen LogP contribution in [0, 0.1) is 17.8 Å². The molecule has 3 rings (SSSR count). The van der Waals surface area contributed by atoms with E-state index in [1.165, 1.54) is 44.9 Å². The first-order valence-electron chi connectivity index (χ1n) is 7.10. The molecule has 1 saturated heterocycles. The molecular formula is C14H23NO. The van der Waals surface area contributed by atoms with Gasteiger partial charge in [0.05, 0.1) is 0 Å². The maximum absolute atomic E-state index is 12.2. The Labute approximate surface area is 98.4 Å². The number of carbonyl (C=O) groups excluding carboxylic acids is 1. The summed E-state index contributed by atoms with van der Waals surface area (Å²) in [6, 6.07) is 0. The van der Waals surface area contributed by atoms with E-state index in [9.17, 15) is 4.79 Å². The maximum Gasteiger partial charge on any atom is 0.222 e. The van der Waals surface area contributed by atoms with Gasteiger partial charge in [0, 0.05) is 19.5 Å². The summed E-state index contributed by atoms with van der Waals surface area (Å²) >= 11 is 0. The molecule has 2 saturated carbocycles. The zero-order valence-corrected chi connectivity index (χ0v) is 10.2. The molecule has 2 aliphatic carbocycles. The molecular weight excluding hydrogens is 198 g/mol. The van der Waals surface area contributed by atoms with Crippen LogP contribution in [0.3, 0.4) is 0 Å². The Kier molecular flexibility index (Phi) is 2.91. The molecule has 3 aliphatic rings. The third kappa shape index (κ3) is 1.99. The summed E-state index contributed by atoms with van der Waals surface area (Å²) in [6.07, 6.45) is 10.3. The molecule has 0 aromatic heterocycles. The molecule has 2 nitrogen and oxygen atoms in total. The molecule has 1 amide bonds. The van der Waals surface area contributed by atoms with Crippen LogP contribution in [-0.4, -0.2) is 23.9 Å². The van der Waals surface area contributed by atoms with E-state index < -0.39 is 0 Å². The smallest absolute Gasteiger partial charge is 0.222 e. The quantitative estimate of drug-likeness (QED) is 0.702. The van der Waals surface area contributed by atoms with Gasteiger partial charge in [0.2, 0.25) is 5.91 Å². The van der Waals surface area contributed by atoms with E-state index >= 15 is 0 Å². The Balaban J connectivity index is 1.52. The Morgan fingerprint density at radius 1 is 1.06 bits per heavy atom. The molecule has 0 spiro atoms. The van der Waals surface area contributed by atoms with E-state index in [0.29, 0.717) is 5.91 Å². The van der Waals surface area contributed by atoms with Crippen LogP contribution in [0.4, 0.5) is 0 Å². The van der Waals surface area contributed by atoms with Crippen molar-refractivity contribution in [3.8, 4) is 0 Å².